The van der Waals surface area contributed by atoms with Gasteiger partial charge in [0.25, 0.3) is 0 Å². The third kappa shape index (κ3) is 3.18. The van der Waals surface area contributed by atoms with Crippen molar-refractivity contribution in [3.8, 4) is 11.5 Å². The standard InChI is InChI=1S/C21H19N7/c1-2-7-16-15(6-1)24-19(21-26-17-8-3-4-9-18(17)27-21)20(25-16)23-10-5-12-28-13-11-22-14-28/h1-4,6-9,11,13-14H,5,10,12H2,(H,23,25)(H,26,27). The Hall–Kier alpha value is -3.74. The van der Waals surface area contributed by atoms with Crippen LogP contribution in [-0.4, -0.2) is 36.0 Å². The predicted molar refractivity (Wildman–Crippen MR) is 110 cm³/mol. The van der Waals surface area contributed by atoms with Crippen molar-refractivity contribution in [2.24, 2.45) is 0 Å². The van der Waals surface area contributed by atoms with Crippen LogP contribution in [0.4, 0.5) is 5.82 Å². The first kappa shape index (κ1) is 16.4. The highest BCUT2D eigenvalue weighted by Crippen LogP contribution is 2.26. The summed E-state index contributed by atoms with van der Waals surface area (Å²) in [7, 11) is 0. The van der Waals surface area contributed by atoms with Crippen molar-refractivity contribution in [3.63, 3.8) is 0 Å². The summed E-state index contributed by atoms with van der Waals surface area (Å²) in [6.07, 6.45) is 6.54. The number of imidazole rings is 2. The van der Waals surface area contributed by atoms with E-state index < -0.39 is 0 Å². The SMILES string of the molecule is c1ccc2nc(-c3nc4ccccc4[nH]3)c(NCCCn3ccnc3)nc2c1. The smallest absolute Gasteiger partial charge is 0.161 e. The summed E-state index contributed by atoms with van der Waals surface area (Å²) in [6.45, 7) is 1.67. The molecule has 0 amide bonds. The second kappa shape index (κ2) is 7.11. The van der Waals surface area contributed by atoms with Gasteiger partial charge in [0.2, 0.25) is 0 Å². The molecule has 0 fully saturated rings. The van der Waals surface area contributed by atoms with E-state index in [0.29, 0.717) is 0 Å². The van der Waals surface area contributed by atoms with Gasteiger partial charge in [-0.1, -0.05) is 24.3 Å². The van der Waals surface area contributed by atoms with Gasteiger partial charge in [-0.3, -0.25) is 0 Å². The molecule has 0 radical (unpaired) electrons. The van der Waals surface area contributed by atoms with Gasteiger partial charge in [-0.15, -0.1) is 0 Å². The maximum absolute atomic E-state index is 4.84. The lowest BCUT2D eigenvalue weighted by molar-refractivity contribution is 0.660. The fraction of sp³-hybridized carbons (Fsp3) is 0.143. The number of nitrogens with one attached hydrogen (secondary N) is 2. The number of para-hydroxylation sites is 4. The van der Waals surface area contributed by atoms with E-state index in [2.05, 4.69) is 19.9 Å². The van der Waals surface area contributed by atoms with Crippen LogP contribution < -0.4 is 5.32 Å². The lowest BCUT2D eigenvalue weighted by Gasteiger charge is -2.11. The number of aromatic amines is 1. The van der Waals surface area contributed by atoms with Gasteiger partial charge in [-0.25, -0.2) is 19.9 Å². The van der Waals surface area contributed by atoms with E-state index in [4.69, 9.17) is 15.0 Å². The van der Waals surface area contributed by atoms with Gasteiger partial charge in [0.1, 0.15) is 5.69 Å². The molecule has 7 nitrogen and oxygen atoms in total. The van der Waals surface area contributed by atoms with Crippen molar-refractivity contribution in [1.29, 1.82) is 0 Å². The van der Waals surface area contributed by atoms with Gasteiger partial charge in [-0.05, 0) is 30.7 Å². The number of benzene rings is 2. The third-order valence-electron chi connectivity index (χ3n) is 4.63. The number of H-pyrrole nitrogens is 1. The van der Waals surface area contributed by atoms with Crippen LogP contribution in [0, 0.1) is 0 Å². The molecule has 2 aromatic carbocycles. The third-order valence-corrected chi connectivity index (χ3v) is 4.63. The van der Waals surface area contributed by atoms with Crippen LogP contribution in [-0.2, 0) is 6.54 Å². The molecule has 0 saturated heterocycles. The predicted octanol–water partition coefficient (Wildman–Crippen LogP) is 3.87. The number of hydrogen-bond donors (Lipinski definition) is 2. The zero-order valence-electron chi connectivity index (χ0n) is 15.2. The summed E-state index contributed by atoms with van der Waals surface area (Å²) in [5, 5.41) is 3.44. The van der Waals surface area contributed by atoms with Crippen LogP contribution in [0.1, 0.15) is 6.42 Å². The number of fused-ring (bicyclic) bond motifs is 2. The summed E-state index contributed by atoms with van der Waals surface area (Å²) in [5.41, 5.74) is 4.34. The van der Waals surface area contributed by atoms with Gasteiger partial charge in [0, 0.05) is 25.5 Å². The molecule has 3 aromatic heterocycles. The van der Waals surface area contributed by atoms with Crippen LogP contribution in [0.3, 0.4) is 0 Å². The van der Waals surface area contributed by atoms with E-state index in [1.165, 1.54) is 0 Å². The molecule has 0 saturated carbocycles. The normalized spacial score (nSPS) is 11.3. The Morgan fingerprint density at radius 1 is 0.893 bits per heavy atom. The fourth-order valence-electron chi connectivity index (χ4n) is 3.24. The van der Waals surface area contributed by atoms with E-state index >= 15 is 0 Å². The van der Waals surface area contributed by atoms with Crippen molar-refractivity contribution in [2.75, 3.05) is 11.9 Å². The molecule has 3 heterocycles. The Kier molecular flexibility index (Phi) is 4.17. The summed E-state index contributed by atoms with van der Waals surface area (Å²) < 4.78 is 2.06. The molecule has 0 spiro atoms. The number of anilines is 1. The van der Waals surface area contributed by atoms with Crippen molar-refractivity contribution in [2.45, 2.75) is 13.0 Å². The number of aryl methyl sites for hydroxylation is 1. The Labute approximate surface area is 161 Å². The van der Waals surface area contributed by atoms with Crippen molar-refractivity contribution < 1.29 is 0 Å². The fourth-order valence-corrected chi connectivity index (χ4v) is 3.24. The van der Waals surface area contributed by atoms with Gasteiger partial charge in [-0.2, -0.15) is 0 Å². The quantitative estimate of drug-likeness (QED) is 0.444. The molecule has 28 heavy (non-hydrogen) atoms. The Morgan fingerprint density at radius 2 is 1.68 bits per heavy atom. The minimum atomic E-state index is 0.719. The van der Waals surface area contributed by atoms with Crippen LogP contribution in [0.15, 0.2) is 67.3 Å². The molecule has 0 aliphatic rings. The number of rotatable bonds is 6. The Bertz CT molecular complexity index is 1190. The first-order valence-electron chi connectivity index (χ1n) is 9.28. The summed E-state index contributed by atoms with van der Waals surface area (Å²) in [4.78, 5) is 21.8. The highest BCUT2D eigenvalue weighted by atomic mass is 15.1. The highest BCUT2D eigenvalue weighted by molar-refractivity contribution is 5.85. The zero-order chi connectivity index (χ0) is 18.8. The van der Waals surface area contributed by atoms with E-state index in [0.717, 1.165) is 58.9 Å². The molecule has 0 unspecified atom stereocenters. The molecule has 0 aliphatic carbocycles. The maximum Gasteiger partial charge on any atom is 0.161 e. The Balaban J connectivity index is 1.47. The first-order valence-corrected chi connectivity index (χ1v) is 9.28. The van der Waals surface area contributed by atoms with Crippen LogP contribution in [0.5, 0.6) is 0 Å². The molecule has 5 rings (SSSR count). The number of aromatic nitrogens is 6. The maximum atomic E-state index is 4.84. The van der Waals surface area contributed by atoms with E-state index in [1.807, 2.05) is 61.1 Å². The first-order chi connectivity index (χ1) is 13.9. The minimum absolute atomic E-state index is 0.719. The van der Waals surface area contributed by atoms with Crippen molar-refractivity contribution in [1.82, 2.24) is 29.5 Å². The molecule has 0 atom stereocenters. The Morgan fingerprint density at radius 3 is 2.46 bits per heavy atom. The molecule has 5 aromatic rings. The van der Waals surface area contributed by atoms with Crippen molar-refractivity contribution >= 4 is 27.9 Å². The average molecular weight is 369 g/mol. The molecular weight excluding hydrogens is 350 g/mol. The van der Waals surface area contributed by atoms with Crippen LogP contribution >= 0.6 is 0 Å². The lowest BCUT2D eigenvalue weighted by Crippen LogP contribution is -2.09. The highest BCUT2D eigenvalue weighted by Gasteiger charge is 2.14. The molecule has 138 valence electrons. The van der Waals surface area contributed by atoms with E-state index in [-0.39, 0.29) is 0 Å². The van der Waals surface area contributed by atoms with E-state index in [9.17, 15) is 0 Å². The van der Waals surface area contributed by atoms with E-state index in [1.54, 1.807) is 6.20 Å². The van der Waals surface area contributed by atoms with Crippen molar-refractivity contribution in [3.05, 3.63) is 67.3 Å². The summed E-state index contributed by atoms with van der Waals surface area (Å²) >= 11 is 0. The second-order valence-corrected chi connectivity index (χ2v) is 6.59. The van der Waals surface area contributed by atoms with Crippen LogP contribution in [0.2, 0.25) is 0 Å². The lowest BCUT2D eigenvalue weighted by atomic mass is 10.2. The molecule has 0 aliphatic heterocycles. The summed E-state index contributed by atoms with van der Waals surface area (Å²) in [6, 6.07) is 15.9. The molecular formula is C21H19N7. The second-order valence-electron chi connectivity index (χ2n) is 6.59. The van der Waals surface area contributed by atoms with Gasteiger partial charge < -0.3 is 14.9 Å². The van der Waals surface area contributed by atoms with Gasteiger partial charge >= 0.3 is 0 Å². The molecule has 7 heteroatoms. The average Bonchev–Trinajstić information content (AvgIpc) is 3.40. The minimum Gasteiger partial charge on any atom is -0.368 e. The van der Waals surface area contributed by atoms with Gasteiger partial charge in [0.05, 0.1) is 28.4 Å². The monoisotopic (exact) mass is 369 g/mol. The molecule has 0 bridgehead atoms. The number of hydrogen-bond acceptors (Lipinski definition) is 5. The zero-order valence-corrected chi connectivity index (χ0v) is 15.2. The van der Waals surface area contributed by atoms with Gasteiger partial charge in [0.15, 0.2) is 11.6 Å². The van der Waals surface area contributed by atoms with Crippen LogP contribution in [0.25, 0.3) is 33.6 Å². The topological polar surface area (TPSA) is 84.3 Å². The molecule has 2 N–H and O–H groups in total. The largest absolute Gasteiger partial charge is 0.368 e. The number of nitrogens with zero attached hydrogens (tertiary/aromatic N) is 5. The summed E-state index contributed by atoms with van der Waals surface area (Å²) in [5.74, 6) is 1.46.